The Morgan fingerprint density at radius 2 is 2.18 bits per heavy atom. The van der Waals surface area contributed by atoms with Gasteiger partial charge in [-0.1, -0.05) is 13.0 Å². The number of hydrogen-bond donors (Lipinski definition) is 1. The summed E-state index contributed by atoms with van der Waals surface area (Å²) in [5, 5.41) is 9.33. The number of benzene rings is 1. The fourth-order valence-corrected chi connectivity index (χ4v) is 1.98. The Balaban J connectivity index is 2.47. The summed E-state index contributed by atoms with van der Waals surface area (Å²) < 4.78 is 15.6. The van der Waals surface area contributed by atoms with Gasteiger partial charge in [0.05, 0.1) is 0 Å². The minimum Gasteiger partial charge on any atom is -0.479 e. The Kier molecular flexibility index (Phi) is 2.93. The van der Waals surface area contributed by atoms with Crippen LogP contribution in [0, 0.1) is 0 Å². The van der Waals surface area contributed by atoms with Crippen LogP contribution in [0.15, 0.2) is 18.2 Å². The van der Waals surface area contributed by atoms with Crippen LogP contribution in [0.25, 0.3) is 0 Å². The first kappa shape index (κ1) is 11.7. The molecule has 0 saturated carbocycles. The fraction of sp³-hybridized carbons (Fsp3) is 0.417. The molecule has 1 aliphatic heterocycles. The van der Waals surface area contributed by atoms with Crippen LogP contribution in [0.4, 0.5) is 0 Å². The third-order valence-corrected chi connectivity index (χ3v) is 3.03. The van der Waals surface area contributed by atoms with Crippen LogP contribution in [0.5, 0.6) is 11.5 Å². The predicted octanol–water partition coefficient (Wildman–Crippen LogP) is 1.75. The number of carbonyl (C=O) groups is 1. The van der Waals surface area contributed by atoms with Gasteiger partial charge in [0.25, 0.3) is 0 Å². The van der Waals surface area contributed by atoms with Crippen LogP contribution in [0.1, 0.15) is 18.9 Å². The number of methoxy groups -OCH3 is 1. The van der Waals surface area contributed by atoms with Gasteiger partial charge in [-0.2, -0.15) is 0 Å². The molecule has 1 heterocycles. The van der Waals surface area contributed by atoms with Crippen molar-refractivity contribution in [2.24, 2.45) is 0 Å². The van der Waals surface area contributed by atoms with Crippen molar-refractivity contribution >= 4 is 5.97 Å². The van der Waals surface area contributed by atoms with Crippen LogP contribution in [-0.4, -0.2) is 25.0 Å². The molecule has 1 aromatic rings. The second kappa shape index (κ2) is 4.25. The maximum atomic E-state index is 11.4. The molecular weight excluding hydrogens is 224 g/mol. The van der Waals surface area contributed by atoms with Crippen LogP contribution < -0.4 is 9.47 Å². The van der Waals surface area contributed by atoms with Gasteiger partial charge in [0.2, 0.25) is 6.79 Å². The van der Waals surface area contributed by atoms with Crippen molar-refractivity contribution in [3.05, 3.63) is 23.8 Å². The van der Waals surface area contributed by atoms with Gasteiger partial charge in [0.15, 0.2) is 17.1 Å². The first-order valence-electron chi connectivity index (χ1n) is 5.32. The Bertz CT molecular complexity index is 437. The van der Waals surface area contributed by atoms with E-state index in [1.165, 1.54) is 7.11 Å². The minimum atomic E-state index is -1.33. The molecule has 0 saturated heterocycles. The van der Waals surface area contributed by atoms with Gasteiger partial charge in [0, 0.05) is 7.11 Å². The van der Waals surface area contributed by atoms with E-state index in [0.717, 1.165) is 0 Å². The van der Waals surface area contributed by atoms with Gasteiger partial charge in [-0.05, 0) is 24.1 Å². The number of rotatable bonds is 4. The lowest BCUT2D eigenvalue weighted by Gasteiger charge is -2.27. The van der Waals surface area contributed by atoms with Gasteiger partial charge in [-0.15, -0.1) is 0 Å². The monoisotopic (exact) mass is 238 g/mol. The van der Waals surface area contributed by atoms with Crippen molar-refractivity contribution in [1.82, 2.24) is 0 Å². The first-order valence-corrected chi connectivity index (χ1v) is 5.32. The molecule has 0 bridgehead atoms. The molecule has 0 spiro atoms. The third kappa shape index (κ3) is 1.72. The van der Waals surface area contributed by atoms with E-state index in [4.69, 9.17) is 14.2 Å². The van der Waals surface area contributed by atoms with Gasteiger partial charge in [-0.3, -0.25) is 0 Å². The molecule has 0 fully saturated rings. The molecule has 0 amide bonds. The smallest absolute Gasteiger partial charge is 0.340 e. The van der Waals surface area contributed by atoms with Crippen LogP contribution in [0.2, 0.25) is 0 Å². The van der Waals surface area contributed by atoms with E-state index in [1.807, 2.05) is 0 Å². The molecule has 1 aromatic carbocycles. The maximum Gasteiger partial charge on any atom is 0.340 e. The summed E-state index contributed by atoms with van der Waals surface area (Å²) >= 11 is 0. The summed E-state index contributed by atoms with van der Waals surface area (Å²) in [6.45, 7) is 1.93. The highest BCUT2D eigenvalue weighted by atomic mass is 16.7. The lowest BCUT2D eigenvalue weighted by Crippen LogP contribution is -2.37. The van der Waals surface area contributed by atoms with Crippen LogP contribution in [-0.2, 0) is 15.1 Å². The molecule has 0 radical (unpaired) electrons. The summed E-state index contributed by atoms with van der Waals surface area (Å²) in [5.74, 6) is 0.167. The number of aliphatic carboxylic acids is 1. The van der Waals surface area contributed by atoms with Crippen molar-refractivity contribution in [3.8, 4) is 11.5 Å². The highest BCUT2D eigenvalue weighted by Crippen LogP contribution is 2.38. The number of ether oxygens (including phenoxy) is 3. The molecule has 5 heteroatoms. The number of carboxylic acids is 1. The Morgan fingerprint density at radius 1 is 1.47 bits per heavy atom. The zero-order valence-corrected chi connectivity index (χ0v) is 9.73. The average Bonchev–Trinajstić information content (AvgIpc) is 2.78. The van der Waals surface area contributed by atoms with E-state index in [0.29, 0.717) is 23.5 Å². The second-order valence-corrected chi connectivity index (χ2v) is 3.76. The van der Waals surface area contributed by atoms with Crippen LogP contribution in [0.3, 0.4) is 0 Å². The zero-order chi connectivity index (χ0) is 12.5. The number of fused-ring (bicyclic) bond motifs is 1. The van der Waals surface area contributed by atoms with E-state index in [-0.39, 0.29) is 6.79 Å². The normalized spacial score (nSPS) is 16.6. The summed E-state index contributed by atoms with van der Waals surface area (Å²) in [5.41, 5.74) is -0.777. The second-order valence-electron chi connectivity index (χ2n) is 3.76. The molecular formula is C12H14O5. The van der Waals surface area contributed by atoms with Crippen molar-refractivity contribution in [3.63, 3.8) is 0 Å². The predicted molar refractivity (Wildman–Crippen MR) is 59.2 cm³/mol. The maximum absolute atomic E-state index is 11.4. The SMILES string of the molecule is CCC(OC)(C(=O)O)c1ccc2c(c1)OCO2. The van der Waals surface area contributed by atoms with Crippen LogP contribution >= 0.6 is 0 Å². The number of carboxylic acid groups (broad SMARTS) is 1. The number of hydrogen-bond acceptors (Lipinski definition) is 4. The third-order valence-electron chi connectivity index (χ3n) is 3.03. The fourth-order valence-electron chi connectivity index (χ4n) is 1.98. The van der Waals surface area contributed by atoms with Gasteiger partial charge in [0.1, 0.15) is 0 Å². The largest absolute Gasteiger partial charge is 0.479 e. The summed E-state index contributed by atoms with van der Waals surface area (Å²) in [7, 11) is 1.39. The molecule has 5 nitrogen and oxygen atoms in total. The average molecular weight is 238 g/mol. The van der Waals surface area contributed by atoms with Crippen molar-refractivity contribution in [2.75, 3.05) is 13.9 Å². The Hall–Kier alpha value is -1.75. The molecule has 1 unspecified atom stereocenters. The molecule has 92 valence electrons. The van der Waals surface area contributed by atoms with E-state index >= 15 is 0 Å². The zero-order valence-electron chi connectivity index (χ0n) is 9.73. The Morgan fingerprint density at radius 3 is 2.76 bits per heavy atom. The summed E-state index contributed by atoms with van der Waals surface area (Å²) in [6, 6.07) is 5.04. The van der Waals surface area contributed by atoms with Crippen molar-refractivity contribution < 1.29 is 24.1 Å². The van der Waals surface area contributed by atoms with E-state index in [1.54, 1.807) is 25.1 Å². The highest BCUT2D eigenvalue weighted by Gasteiger charge is 2.39. The molecule has 1 aliphatic rings. The first-order chi connectivity index (χ1) is 8.14. The lowest BCUT2D eigenvalue weighted by molar-refractivity contribution is -0.164. The van der Waals surface area contributed by atoms with Crippen molar-refractivity contribution in [2.45, 2.75) is 18.9 Å². The summed E-state index contributed by atoms with van der Waals surface area (Å²) in [4.78, 5) is 11.4. The Labute approximate surface area is 98.9 Å². The molecule has 1 N–H and O–H groups in total. The van der Waals surface area contributed by atoms with E-state index in [9.17, 15) is 9.90 Å². The standard InChI is InChI=1S/C12H14O5/c1-3-12(15-2,11(13)14)8-4-5-9-10(6-8)17-7-16-9/h4-6H,3,7H2,1-2H3,(H,13,14). The highest BCUT2D eigenvalue weighted by molar-refractivity contribution is 5.79. The quantitative estimate of drug-likeness (QED) is 0.865. The van der Waals surface area contributed by atoms with Gasteiger partial charge >= 0.3 is 5.97 Å². The lowest BCUT2D eigenvalue weighted by atomic mass is 9.90. The molecule has 0 aromatic heterocycles. The van der Waals surface area contributed by atoms with E-state index < -0.39 is 11.6 Å². The van der Waals surface area contributed by atoms with Gasteiger partial charge < -0.3 is 19.3 Å². The summed E-state index contributed by atoms with van der Waals surface area (Å²) in [6.07, 6.45) is 0.332. The molecule has 2 rings (SSSR count). The minimum absolute atomic E-state index is 0.165. The topological polar surface area (TPSA) is 65.0 Å². The molecule has 17 heavy (non-hydrogen) atoms. The molecule has 0 aliphatic carbocycles. The van der Waals surface area contributed by atoms with E-state index in [2.05, 4.69) is 0 Å². The van der Waals surface area contributed by atoms with Gasteiger partial charge in [-0.25, -0.2) is 4.79 Å². The van der Waals surface area contributed by atoms with Crippen molar-refractivity contribution in [1.29, 1.82) is 0 Å². The molecule has 1 atom stereocenters.